The third kappa shape index (κ3) is 9.00. The quantitative estimate of drug-likeness (QED) is 0.376. The van der Waals surface area contributed by atoms with Gasteiger partial charge in [0, 0.05) is 13.8 Å². The standard InChI is InChI=1S/C11H17NO4/c1-9(13)15-8-4-5-11(6-7-12-3)16-10(2)14/h11H,4-8H2,1-2H3/t11-/m1/s1. The van der Waals surface area contributed by atoms with E-state index in [1.54, 1.807) is 0 Å². The van der Waals surface area contributed by atoms with Gasteiger partial charge in [0.1, 0.15) is 6.10 Å². The Labute approximate surface area is 95.5 Å². The average Bonchev–Trinajstić information content (AvgIpc) is 2.19. The van der Waals surface area contributed by atoms with Gasteiger partial charge in [-0.05, 0) is 12.8 Å². The summed E-state index contributed by atoms with van der Waals surface area (Å²) in [5.74, 6) is -0.660. The number of esters is 2. The fourth-order valence-corrected chi connectivity index (χ4v) is 1.23. The summed E-state index contributed by atoms with van der Waals surface area (Å²) in [6.45, 7) is 10.0. The Morgan fingerprint density at radius 3 is 2.44 bits per heavy atom. The zero-order chi connectivity index (χ0) is 12.4. The number of hydrogen-bond acceptors (Lipinski definition) is 4. The molecule has 5 nitrogen and oxygen atoms in total. The Bertz CT molecular complexity index is 270. The van der Waals surface area contributed by atoms with Crippen LogP contribution in [0.3, 0.4) is 0 Å². The van der Waals surface area contributed by atoms with Crippen LogP contribution in [-0.4, -0.2) is 31.2 Å². The molecule has 0 spiro atoms. The van der Waals surface area contributed by atoms with E-state index in [9.17, 15) is 9.59 Å². The highest BCUT2D eigenvalue weighted by molar-refractivity contribution is 5.66. The van der Waals surface area contributed by atoms with Gasteiger partial charge in [-0.1, -0.05) is 0 Å². The van der Waals surface area contributed by atoms with Crippen LogP contribution in [0.5, 0.6) is 0 Å². The summed E-state index contributed by atoms with van der Waals surface area (Å²) in [6, 6.07) is 0. The fourth-order valence-electron chi connectivity index (χ4n) is 1.23. The predicted octanol–water partition coefficient (Wildman–Crippen LogP) is 1.57. The van der Waals surface area contributed by atoms with Gasteiger partial charge in [-0.25, -0.2) is 6.57 Å². The molecular weight excluding hydrogens is 210 g/mol. The summed E-state index contributed by atoms with van der Waals surface area (Å²) in [5, 5.41) is 0. The van der Waals surface area contributed by atoms with Crippen molar-refractivity contribution >= 4 is 11.9 Å². The molecule has 0 saturated heterocycles. The van der Waals surface area contributed by atoms with Gasteiger partial charge in [-0.2, -0.15) is 0 Å². The van der Waals surface area contributed by atoms with E-state index < -0.39 is 0 Å². The van der Waals surface area contributed by atoms with Crippen molar-refractivity contribution in [2.45, 2.75) is 39.2 Å². The molecular formula is C11H17NO4. The van der Waals surface area contributed by atoms with Crippen LogP contribution in [0, 0.1) is 6.57 Å². The largest absolute Gasteiger partial charge is 0.466 e. The van der Waals surface area contributed by atoms with Crippen LogP contribution in [0.25, 0.3) is 4.85 Å². The van der Waals surface area contributed by atoms with Gasteiger partial charge < -0.3 is 14.3 Å². The maximum Gasteiger partial charge on any atom is 0.302 e. The van der Waals surface area contributed by atoms with Crippen LogP contribution >= 0.6 is 0 Å². The number of nitrogens with zero attached hydrogens (tertiary/aromatic N) is 1. The molecule has 0 aromatic heterocycles. The monoisotopic (exact) mass is 227 g/mol. The Kier molecular flexibility index (Phi) is 7.86. The molecule has 0 amide bonds. The molecule has 1 atom stereocenters. The first-order valence-corrected chi connectivity index (χ1v) is 5.20. The van der Waals surface area contributed by atoms with Crippen LogP contribution in [0.2, 0.25) is 0 Å². The van der Waals surface area contributed by atoms with Crippen LogP contribution < -0.4 is 0 Å². The number of rotatable bonds is 7. The Morgan fingerprint density at radius 1 is 1.25 bits per heavy atom. The van der Waals surface area contributed by atoms with Crippen LogP contribution in [0.1, 0.15) is 33.1 Å². The van der Waals surface area contributed by atoms with Crippen molar-refractivity contribution in [3.05, 3.63) is 11.4 Å². The van der Waals surface area contributed by atoms with Crippen molar-refractivity contribution in [2.24, 2.45) is 0 Å². The highest BCUT2D eigenvalue weighted by atomic mass is 16.5. The summed E-state index contributed by atoms with van der Waals surface area (Å²) in [4.78, 5) is 24.5. The molecule has 0 rings (SSSR count). The molecule has 0 aliphatic heterocycles. The molecule has 0 radical (unpaired) electrons. The van der Waals surface area contributed by atoms with E-state index in [4.69, 9.17) is 16.0 Å². The molecule has 0 unspecified atom stereocenters. The predicted molar refractivity (Wildman–Crippen MR) is 57.5 cm³/mol. The molecule has 0 bridgehead atoms. The molecule has 0 fully saturated rings. The van der Waals surface area contributed by atoms with E-state index in [2.05, 4.69) is 4.85 Å². The van der Waals surface area contributed by atoms with E-state index in [1.165, 1.54) is 13.8 Å². The maximum absolute atomic E-state index is 10.8. The van der Waals surface area contributed by atoms with Gasteiger partial charge in [0.15, 0.2) is 0 Å². The van der Waals surface area contributed by atoms with Crippen molar-refractivity contribution in [2.75, 3.05) is 13.2 Å². The van der Waals surface area contributed by atoms with E-state index in [1.807, 2.05) is 0 Å². The van der Waals surface area contributed by atoms with Gasteiger partial charge in [-0.3, -0.25) is 9.59 Å². The molecule has 0 saturated carbocycles. The number of carbonyl (C=O) groups excluding carboxylic acids is 2. The second-order valence-corrected chi connectivity index (χ2v) is 3.38. The van der Waals surface area contributed by atoms with E-state index >= 15 is 0 Å². The molecule has 0 N–H and O–H groups in total. The zero-order valence-corrected chi connectivity index (χ0v) is 9.69. The smallest absolute Gasteiger partial charge is 0.302 e. The summed E-state index contributed by atoms with van der Waals surface area (Å²) in [7, 11) is 0. The Morgan fingerprint density at radius 2 is 1.94 bits per heavy atom. The summed E-state index contributed by atoms with van der Waals surface area (Å²) in [5.41, 5.74) is 0. The lowest BCUT2D eigenvalue weighted by molar-refractivity contribution is -0.148. The van der Waals surface area contributed by atoms with Crippen LogP contribution in [0.4, 0.5) is 0 Å². The van der Waals surface area contributed by atoms with Gasteiger partial charge in [-0.15, -0.1) is 0 Å². The highest BCUT2D eigenvalue weighted by Gasteiger charge is 2.13. The topological polar surface area (TPSA) is 57.0 Å². The SMILES string of the molecule is [C-]#[N+]CC[C@@H](CCCOC(C)=O)OC(C)=O. The van der Waals surface area contributed by atoms with Gasteiger partial charge in [0.2, 0.25) is 6.54 Å². The maximum atomic E-state index is 10.8. The second kappa shape index (κ2) is 8.72. The lowest BCUT2D eigenvalue weighted by Crippen LogP contribution is -2.18. The Balaban J connectivity index is 3.78. The normalized spacial score (nSPS) is 11.3. The zero-order valence-electron chi connectivity index (χ0n) is 9.69. The number of ether oxygens (including phenoxy) is 2. The first kappa shape index (κ1) is 14.4. The molecule has 0 aromatic carbocycles. The fraction of sp³-hybridized carbons (Fsp3) is 0.727. The number of hydrogen-bond donors (Lipinski definition) is 0. The minimum absolute atomic E-state index is 0.248. The van der Waals surface area contributed by atoms with Crippen molar-refractivity contribution < 1.29 is 19.1 Å². The van der Waals surface area contributed by atoms with Gasteiger partial charge in [0.25, 0.3) is 0 Å². The van der Waals surface area contributed by atoms with Crippen LogP contribution in [-0.2, 0) is 19.1 Å². The van der Waals surface area contributed by atoms with Gasteiger partial charge in [0.05, 0.1) is 13.0 Å². The molecule has 16 heavy (non-hydrogen) atoms. The summed E-state index contributed by atoms with van der Waals surface area (Å²) in [6.07, 6.45) is 1.53. The lowest BCUT2D eigenvalue weighted by Gasteiger charge is -2.14. The number of carbonyl (C=O) groups is 2. The average molecular weight is 227 g/mol. The lowest BCUT2D eigenvalue weighted by atomic mass is 10.1. The third-order valence-electron chi connectivity index (χ3n) is 1.87. The highest BCUT2D eigenvalue weighted by Crippen LogP contribution is 2.08. The minimum atomic E-state index is -0.345. The molecule has 0 aliphatic rings. The molecule has 5 heteroatoms. The van der Waals surface area contributed by atoms with E-state index in [0.717, 1.165) is 0 Å². The first-order valence-electron chi connectivity index (χ1n) is 5.20. The second-order valence-electron chi connectivity index (χ2n) is 3.38. The molecule has 90 valence electrons. The molecule has 0 heterocycles. The summed E-state index contributed by atoms with van der Waals surface area (Å²) < 4.78 is 9.80. The molecule has 0 aromatic rings. The van der Waals surface area contributed by atoms with E-state index in [0.29, 0.717) is 32.4 Å². The molecule has 0 aliphatic carbocycles. The van der Waals surface area contributed by atoms with Crippen molar-refractivity contribution in [3.8, 4) is 0 Å². The van der Waals surface area contributed by atoms with Crippen LogP contribution in [0.15, 0.2) is 0 Å². The Hall–Kier alpha value is -1.57. The first-order chi connectivity index (χ1) is 7.56. The van der Waals surface area contributed by atoms with E-state index in [-0.39, 0.29) is 18.0 Å². The summed E-state index contributed by atoms with van der Waals surface area (Å²) >= 11 is 0. The van der Waals surface area contributed by atoms with Crippen molar-refractivity contribution in [1.29, 1.82) is 0 Å². The minimum Gasteiger partial charge on any atom is -0.466 e. The van der Waals surface area contributed by atoms with Crippen molar-refractivity contribution in [1.82, 2.24) is 0 Å². The van der Waals surface area contributed by atoms with Crippen molar-refractivity contribution in [3.63, 3.8) is 0 Å². The van der Waals surface area contributed by atoms with Gasteiger partial charge >= 0.3 is 11.9 Å². The third-order valence-corrected chi connectivity index (χ3v) is 1.87.